The van der Waals surface area contributed by atoms with Gasteiger partial charge in [0.25, 0.3) is 0 Å². The lowest BCUT2D eigenvalue weighted by Gasteiger charge is -2.27. The molecule has 3 atom stereocenters. The highest BCUT2D eigenvalue weighted by atomic mass is 32.1. The molecular formula is C25H29N3O4S. The maximum absolute atomic E-state index is 13.3. The van der Waals surface area contributed by atoms with Gasteiger partial charge in [-0.3, -0.25) is 19.3 Å². The molecule has 1 saturated heterocycles. The number of imide groups is 1. The summed E-state index contributed by atoms with van der Waals surface area (Å²) < 4.78 is 5.28. The molecule has 0 radical (unpaired) electrons. The van der Waals surface area contributed by atoms with Crippen LogP contribution in [0.15, 0.2) is 42.6 Å². The third-order valence-electron chi connectivity index (χ3n) is 6.15. The van der Waals surface area contributed by atoms with Crippen LogP contribution in [0.4, 0.5) is 5.13 Å². The van der Waals surface area contributed by atoms with Gasteiger partial charge in [0.15, 0.2) is 5.13 Å². The number of amides is 3. The molecule has 1 aromatic heterocycles. The van der Waals surface area contributed by atoms with E-state index in [9.17, 15) is 14.4 Å². The lowest BCUT2D eigenvalue weighted by molar-refractivity contribution is -0.147. The van der Waals surface area contributed by atoms with Gasteiger partial charge in [-0.05, 0) is 42.9 Å². The number of hydrogen-bond acceptors (Lipinski definition) is 6. The number of anilines is 1. The number of aromatic nitrogens is 1. The molecule has 8 heteroatoms. The number of nitrogens with zero attached hydrogens (tertiary/aromatic N) is 2. The Labute approximate surface area is 197 Å². The summed E-state index contributed by atoms with van der Waals surface area (Å²) >= 11 is 1.39. The molecule has 1 aromatic carbocycles. The molecule has 33 heavy (non-hydrogen) atoms. The molecule has 174 valence electrons. The lowest BCUT2D eigenvalue weighted by atomic mass is 9.85. The van der Waals surface area contributed by atoms with Gasteiger partial charge in [0.05, 0.1) is 18.9 Å². The number of methoxy groups -OCH3 is 1. The predicted molar refractivity (Wildman–Crippen MR) is 127 cm³/mol. The third kappa shape index (κ3) is 5.00. The van der Waals surface area contributed by atoms with Crippen LogP contribution >= 0.6 is 11.3 Å². The Balaban J connectivity index is 1.48. The number of carbonyl (C=O) groups excluding carboxylic acids is 3. The quantitative estimate of drug-likeness (QED) is 0.467. The molecule has 1 aliphatic carbocycles. The summed E-state index contributed by atoms with van der Waals surface area (Å²) in [7, 11) is 1.63. The zero-order valence-corrected chi connectivity index (χ0v) is 19.9. The van der Waals surface area contributed by atoms with E-state index in [0.29, 0.717) is 30.8 Å². The zero-order valence-electron chi connectivity index (χ0n) is 19.1. The van der Waals surface area contributed by atoms with Gasteiger partial charge < -0.3 is 10.1 Å². The van der Waals surface area contributed by atoms with Crippen LogP contribution in [0.1, 0.15) is 43.6 Å². The van der Waals surface area contributed by atoms with E-state index in [1.165, 1.54) is 16.2 Å². The molecule has 4 rings (SSSR count). The first-order valence-corrected chi connectivity index (χ1v) is 12.1. The van der Waals surface area contributed by atoms with Crippen LogP contribution in [-0.2, 0) is 20.8 Å². The zero-order chi connectivity index (χ0) is 23.5. The fourth-order valence-electron chi connectivity index (χ4n) is 4.53. The number of fused-ring (bicyclic) bond motifs is 1. The molecule has 0 saturated carbocycles. The molecule has 0 unspecified atom stereocenters. The first kappa shape index (κ1) is 23.2. The molecule has 1 aliphatic heterocycles. The van der Waals surface area contributed by atoms with E-state index in [0.717, 1.165) is 16.2 Å². The molecule has 2 aliphatic rings. The molecule has 0 spiro atoms. The Kier molecular flexibility index (Phi) is 6.93. The maximum atomic E-state index is 13.3. The summed E-state index contributed by atoms with van der Waals surface area (Å²) in [5.74, 6) is -0.585. The van der Waals surface area contributed by atoms with E-state index >= 15 is 0 Å². The highest BCUT2D eigenvalue weighted by molar-refractivity contribution is 7.15. The Morgan fingerprint density at radius 2 is 1.91 bits per heavy atom. The van der Waals surface area contributed by atoms with Crippen molar-refractivity contribution in [2.75, 3.05) is 12.4 Å². The fourth-order valence-corrected chi connectivity index (χ4v) is 5.38. The third-order valence-corrected chi connectivity index (χ3v) is 7.06. The average molecular weight is 468 g/mol. The standard InChI is InChI=1S/C25H29N3O4S/c1-15(2)11-21(28-23(30)19-9-4-5-10-20(19)24(28)31)22(29)27-25-26-14-18(33-25)13-16-7-6-8-17(12-16)32-3/h4-8,12,14-15,19-21H,9-11,13H2,1-3H3,(H,26,27,29)/t19-,20-,21+/m1/s1. The van der Waals surface area contributed by atoms with E-state index in [2.05, 4.69) is 10.3 Å². The van der Waals surface area contributed by atoms with E-state index < -0.39 is 6.04 Å². The van der Waals surface area contributed by atoms with Crippen molar-refractivity contribution in [3.63, 3.8) is 0 Å². The van der Waals surface area contributed by atoms with Crippen molar-refractivity contribution in [2.24, 2.45) is 17.8 Å². The topological polar surface area (TPSA) is 88.6 Å². The van der Waals surface area contributed by atoms with Crippen molar-refractivity contribution in [2.45, 2.75) is 45.6 Å². The first-order chi connectivity index (χ1) is 15.9. The Bertz CT molecular complexity index is 1050. The van der Waals surface area contributed by atoms with Gasteiger partial charge in [-0.1, -0.05) is 38.1 Å². The van der Waals surface area contributed by atoms with Crippen LogP contribution < -0.4 is 10.1 Å². The fraction of sp³-hybridized carbons (Fsp3) is 0.440. The van der Waals surface area contributed by atoms with Gasteiger partial charge >= 0.3 is 0 Å². The average Bonchev–Trinajstić information content (AvgIpc) is 3.34. The normalized spacial score (nSPS) is 20.8. The predicted octanol–water partition coefficient (Wildman–Crippen LogP) is 4.05. The van der Waals surface area contributed by atoms with Crippen LogP contribution in [0.2, 0.25) is 0 Å². The van der Waals surface area contributed by atoms with Gasteiger partial charge in [0.1, 0.15) is 11.8 Å². The second kappa shape index (κ2) is 9.87. The minimum Gasteiger partial charge on any atom is -0.497 e. The second-order valence-electron chi connectivity index (χ2n) is 9.00. The number of likely N-dealkylation sites (tertiary alicyclic amines) is 1. The minimum absolute atomic E-state index is 0.141. The van der Waals surface area contributed by atoms with E-state index in [-0.39, 0.29) is 35.5 Å². The number of hydrogen-bond donors (Lipinski definition) is 1. The van der Waals surface area contributed by atoms with Crippen molar-refractivity contribution in [3.05, 3.63) is 53.1 Å². The smallest absolute Gasteiger partial charge is 0.249 e. The lowest BCUT2D eigenvalue weighted by Crippen LogP contribution is -2.48. The first-order valence-electron chi connectivity index (χ1n) is 11.3. The summed E-state index contributed by atoms with van der Waals surface area (Å²) in [6, 6.07) is 6.98. The number of nitrogens with one attached hydrogen (secondary N) is 1. The molecule has 1 N–H and O–H groups in total. The summed E-state index contributed by atoms with van der Waals surface area (Å²) in [5.41, 5.74) is 1.08. The van der Waals surface area contributed by atoms with Gasteiger partial charge in [-0.2, -0.15) is 0 Å². The number of benzene rings is 1. The molecule has 2 aromatic rings. The van der Waals surface area contributed by atoms with Crippen LogP contribution in [0.5, 0.6) is 5.75 Å². The number of thiazole rings is 1. The van der Waals surface area contributed by atoms with E-state index in [1.807, 2.05) is 50.3 Å². The van der Waals surface area contributed by atoms with Crippen molar-refractivity contribution in [3.8, 4) is 5.75 Å². The van der Waals surface area contributed by atoms with Gasteiger partial charge in [-0.15, -0.1) is 11.3 Å². The largest absolute Gasteiger partial charge is 0.497 e. The van der Waals surface area contributed by atoms with Gasteiger partial charge in [-0.25, -0.2) is 4.98 Å². The molecule has 7 nitrogen and oxygen atoms in total. The molecule has 2 heterocycles. The second-order valence-corrected chi connectivity index (χ2v) is 10.1. The molecule has 1 fully saturated rings. The minimum atomic E-state index is -0.832. The SMILES string of the molecule is COc1cccc(Cc2cnc(NC(=O)[C@H](CC(C)C)N3C(=O)[C@@H]4CC=CC[C@H]4C3=O)s2)c1. The van der Waals surface area contributed by atoms with Crippen molar-refractivity contribution in [1.29, 1.82) is 0 Å². The van der Waals surface area contributed by atoms with Crippen LogP contribution in [-0.4, -0.2) is 40.8 Å². The van der Waals surface area contributed by atoms with E-state index in [4.69, 9.17) is 4.74 Å². The van der Waals surface area contributed by atoms with Crippen LogP contribution in [0, 0.1) is 17.8 Å². The summed E-state index contributed by atoms with van der Waals surface area (Å²) in [5, 5.41) is 3.32. The van der Waals surface area contributed by atoms with Gasteiger partial charge in [0, 0.05) is 17.5 Å². The molecule has 3 amide bonds. The van der Waals surface area contributed by atoms with Gasteiger partial charge in [0.2, 0.25) is 17.7 Å². The highest BCUT2D eigenvalue weighted by Crippen LogP contribution is 2.37. The Hall–Kier alpha value is -3.00. The van der Waals surface area contributed by atoms with Crippen LogP contribution in [0.3, 0.4) is 0 Å². The van der Waals surface area contributed by atoms with Crippen LogP contribution in [0.25, 0.3) is 0 Å². The van der Waals surface area contributed by atoms with Crippen molar-refractivity contribution < 1.29 is 19.1 Å². The highest BCUT2D eigenvalue weighted by Gasteiger charge is 2.51. The monoisotopic (exact) mass is 467 g/mol. The summed E-state index contributed by atoms with van der Waals surface area (Å²) in [6.07, 6.45) is 7.84. The summed E-state index contributed by atoms with van der Waals surface area (Å²) in [6.45, 7) is 3.96. The van der Waals surface area contributed by atoms with Crippen molar-refractivity contribution >= 4 is 34.2 Å². The van der Waals surface area contributed by atoms with E-state index in [1.54, 1.807) is 13.3 Å². The number of allylic oxidation sites excluding steroid dienone is 2. The maximum Gasteiger partial charge on any atom is 0.249 e. The molecular weight excluding hydrogens is 438 g/mol. The van der Waals surface area contributed by atoms with Crippen molar-refractivity contribution in [1.82, 2.24) is 9.88 Å². The number of carbonyl (C=O) groups is 3. The Morgan fingerprint density at radius 3 is 2.55 bits per heavy atom. The number of rotatable bonds is 8. The Morgan fingerprint density at radius 1 is 1.21 bits per heavy atom. The number of ether oxygens (including phenoxy) is 1. The molecule has 0 bridgehead atoms. The summed E-state index contributed by atoms with van der Waals surface area (Å²) in [4.78, 5) is 45.9.